The lowest BCUT2D eigenvalue weighted by Crippen LogP contribution is -2.42. The average molecular weight is 213 g/mol. The van der Waals surface area contributed by atoms with E-state index in [9.17, 15) is 4.79 Å². The first-order valence-corrected chi connectivity index (χ1v) is 5.97. The number of carboxylic acids is 1. The molecule has 3 heteroatoms. The maximum Gasteiger partial charge on any atom is 0.306 e. The van der Waals surface area contributed by atoms with Crippen LogP contribution in [-0.4, -0.2) is 35.1 Å². The van der Waals surface area contributed by atoms with Crippen LogP contribution in [0.15, 0.2) is 0 Å². The van der Waals surface area contributed by atoms with Crippen LogP contribution in [0.1, 0.15) is 40.0 Å². The maximum absolute atomic E-state index is 10.8. The Kier molecular flexibility index (Phi) is 4.58. The van der Waals surface area contributed by atoms with Crippen molar-refractivity contribution in [2.45, 2.75) is 46.1 Å². The third-order valence-corrected chi connectivity index (χ3v) is 3.31. The van der Waals surface area contributed by atoms with E-state index in [4.69, 9.17) is 5.11 Å². The molecule has 1 aliphatic heterocycles. The molecule has 0 amide bonds. The summed E-state index contributed by atoms with van der Waals surface area (Å²) in [6.07, 6.45) is 2.84. The number of rotatable bonds is 4. The van der Waals surface area contributed by atoms with Crippen LogP contribution in [0, 0.1) is 11.8 Å². The van der Waals surface area contributed by atoms with Crippen molar-refractivity contribution in [3.63, 3.8) is 0 Å². The maximum atomic E-state index is 10.8. The van der Waals surface area contributed by atoms with Gasteiger partial charge in [-0.1, -0.05) is 13.8 Å². The molecule has 1 atom stereocenters. The highest BCUT2D eigenvalue weighted by molar-refractivity contribution is 5.70. The van der Waals surface area contributed by atoms with E-state index in [-0.39, 0.29) is 5.92 Å². The molecule has 1 rings (SSSR count). The lowest BCUT2D eigenvalue weighted by atomic mass is 9.94. The van der Waals surface area contributed by atoms with Crippen LogP contribution in [0.4, 0.5) is 0 Å². The lowest BCUT2D eigenvalue weighted by Gasteiger charge is -2.35. The highest BCUT2D eigenvalue weighted by Crippen LogP contribution is 2.21. The fourth-order valence-corrected chi connectivity index (χ4v) is 2.42. The van der Waals surface area contributed by atoms with E-state index >= 15 is 0 Å². The summed E-state index contributed by atoms with van der Waals surface area (Å²) in [5.41, 5.74) is 0. The number of piperidine rings is 1. The molecule has 3 nitrogen and oxygen atoms in total. The van der Waals surface area contributed by atoms with Crippen molar-refractivity contribution < 1.29 is 9.90 Å². The molecule has 88 valence electrons. The lowest BCUT2D eigenvalue weighted by molar-refractivity contribution is -0.143. The summed E-state index contributed by atoms with van der Waals surface area (Å²) >= 11 is 0. The van der Waals surface area contributed by atoms with Gasteiger partial charge in [0, 0.05) is 6.04 Å². The van der Waals surface area contributed by atoms with E-state index in [0.717, 1.165) is 31.8 Å². The minimum absolute atomic E-state index is 0.104. The largest absolute Gasteiger partial charge is 0.481 e. The standard InChI is InChI=1S/C12H23NO2/c1-9(2)8-10(3)13-6-4-11(5-7-13)12(14)15/h9-11H,4-8H2,1-3H3,(H,14,15). The summed E-state index contributed by atoms with van der Waals surface area (Å²) in [6, 6.07) is 0.597. The zero-order chi connectivity index (χ0) is 11.4. The SMILES string of the molecule is CC(C)CC(C)N1CCC(C(=O)O)CC1. The summed E-state index contributed by atoms with van der Waals surface area (Å²) in [5.74, 6) is -0.00383. The molecule has 0 aliphatic carbocycles. The molecule has 0 aromatic carbocycles. The summed E-state index contributed by atoms with van der Waals surface area (Å²) in [7, 11) is 0. The first-order valence-electron chi connectivity index (χ1n) is 5.97. The monoisotopic (exact) mass is 213 g/mol. The Morgan fingerprint density at radius 2 is 1.87 bits per heavy atom. The van der Waals surface area contributed by atoms with Crippen LogP contribution in [-0.2, 0) is 4.79 Å². The van der Waals surface area contributed by atoms with Gasteiger partial charge in [0.1, 0.15) is 0 Å². The first kappa shape index (κ1) is 12.5. The molecular weight excluding hydrogens is 190 g/mol. The quantitative estimate of drug-likeness (QED) is 0.778. The molecule has 0 aromatic heterocycles. The molecule has 1 N–H and O–H groups in total. The zero-order valence-electron chi connectivity index (χ0n) is 10.1. The molecule has 0 radical (unpaired) electrons. The number of likely N-dealkylation sites (tertiary alicyclic amines) is 1. The topological polar surface area (TPSA) is 40.5 Å². The van der Waals surface area contributed by atoms with Crippen molar-refractivity contribution in [1.82, 2.24) is 4.90 Å². The minimum Gasteiger partial charge on any atom is -0.481 e. The van der Waals surface area contributed by atoms with Crippen LogP contribution in [0.5, 0.6) is 0 Å². The van der Waals surface area contributed by atoms with Gasteiger partial charge in [0.25, 0.3) is 0 Å². The van der Waals surface area contributed by atoms with Gasteiger partial charge in [-0.05, 0) is 45.2 Å². The predicted molar refractivity (Wildman–Crippen MR) is 60.8 cm³/mol. The molecule has 1 saturated heterocycles. The van der Waals surface area contributed by atoms with Gasteiger partial charge in [0.2, 0.25) is 0 Å². The fourth-order valence-electron chi connectivity index (χ4n) is 2.42. The third kappa shape index (κ3) is 3.82. The van der Waals surface area contributed by atoms with Crippen molar-refractivity contribution in [3.8, 4) is 0 Å². The smallest absolute Gasteiger partial charge is 0.306 e. The molecular formula is C12H23NO2. The highest BCUT2D eigenvalue weighted by Gasteiger charge is 2.26. The molecule has 0 aromatic rings. The van der Waals surface area contributed by atoms with Gasteiger partial charge in [-0.2, -0.15) is 0 Å². The zero-order valence-corrected chi connectivity index (χ0v) is 10.1. The Bertz CT molecular complexity index is 208. The molecule has 0 bridgehead atoms. The summed E-state index contributed by atoms with van der Waals surface area (Å²) in [6.45, 7) is 8.62. The molecule has 0 spiro atoms. The molecule has 1 heterocycles. The van der Waals surface area contributed by atoms with Gasteiger partial charge in [-0.25, -0.2) is 0 Å². The van der Waals surface area contributed by atoms with Gasteiger partial charge in [0.05, 0.1) is 5.92 Å². The molecule has 1 unspecified atom stereocenters. The predicted octanol–water partition coefficient (Wildman–Crippen LogP) is 2.22. The van der Waals surface area contributed by atoms with E-state index in [1.165, 1.54) is 6.42 Å². The van der Waals surface area contributed by atoms with Crippen molar-refractivity contribution in [1.29, 1.82) is 0 Å². The number of aliphatic carboxylic acids is 1. The second kappa shape index (κ2) is 5.50. The van der Waals surface area contributed by atoms with Crippen molar-refractivity contribution in [2.75, 3.05) is 13.1 Å². The van der Waals surface area contributed by atoms with Crippen LogP contribution in [0.3, 0.4) is 0 Å². The Labute approximate surface area is 92.5 Å². The van der Waals surface area contributed by atoms with Crippen molar-refractivity contribution in [2.24, 2.45) is 11.8 Å². The van der Waals surface area contributed by atoms with Gasteiger partial charge >= 0.3 is 5.97 Å². The Balaban J connectivity index is 2.33. The number of nitrogens with zero attached hydrogens (tertiary/aromatic N) is 1. The summed E-state index contributed by atoms with van der Waals surface area (Å²) in [5, 5.41) is 8.89. The van der Waals surface area contributed by atoms with Gasteiger partial charge in [-0.3, -0.25) is 4.79 Å². The molecule has 0 saturated carbocycles. The third-order valence-electron chi connectivity index (χ3n) is 3.31. The number of carbonyl (C=O) groups is 1. The van der Waals surface area contributed by atoms with Crippen LogP contribution < -0.4 is 0 Å². The number of hydrogen-bond acceptors (Lipinski definition) is 2. The average Bonchev–Trinajstić information content (AvgIpc) is 2.17. The van der Waals surface area contributed by atoms with Crippen LogP contribution >= 0.6 is 0 Å². The van der Waals surface area contributed by atoms with Crippen LogP contribution in [0.25, 0.3) is 0 Å². The summed E-state index contributed by atoms with van der Waals surface area (Å²) in [4.78, 5) is 13.2. The van der Waals surface area contributed by atoms with Gasteiger partial charge in [-0.15, -0.1) is 0 Å². The van der Waals surface area contributed by atoms with E-state index < -0.39 is 5.97 Å². The molecule has 1 fully saturated rings. The van der Waals surface area contributed by atoms with Gasteiger partial charge < -0.3 is 10.0 Å². The second-order valence-corrected chi connectivity index (χ2v) is 5.13. The fraction of sp³-hybridized carbons (Fsp3) is 0.917. The normalized spacial score (nSPS) is 21.9. The molecule has 15 heavy (non-hydrogen) atoms. The summed E-state index contributed by atoms with van der Waals surface area (Å²) < 4.78 is 0. The molecule has 1 aliphatic rings. The van der Waals surface area contributed by atoms with Crippen molar-refractivity contribution >= 4 is 5.97 Å². The van der Waals surface area contributed by atoms with Crippen molar-refractivity contribution in [3.05, 3.63) is 0 Å². The van der Waals surface area contributed by atoms with E-state index in [1.54, 1.807) is 0 Å². The second-order valence-electron chi connectivity index (χ2n) is 5.13. The first-order chi connectivity index (χ1) is 7.00. The van der Waals surface area contributed by atoms with E-state index in [1.807, 2.05) is 0 Å². The Morgan fingerprint density at radius 1 is 1.33 bits per heavy atom. The van der Waals surface area contributed by atoms with E-state index in [0.29, 0.717) is 6.04 Å². The number of carboxylic acid groups (broad SMARTS) is 1. The van der Waals surface area contributed by atoms with E-state index in [2.05, 4.69) is 25.7 Å². The highest BCUT2D eigenvalue weighted by atomic mass is 16.4. The Hall–Kier alpha value is -0.570. The van der Waals surface area contributed by atoms with Crippen LogP contribution in [0.2, 0.25) is 0 Å². The van der Waals surface area contributed by atoms with Gasteiger partial charge in [0.15, 0.2) is 0 Å². The number of hydrogen-bond donors (Lipinski definition) is 1. The minimum atomic E-state index is -0.619. The Morgan fingerprint density at radius 3 is 2.27 bits per heavy atom.